The molecule has 0 aliphatic carbocycles. The first-order valence-corrected chi connectivity index (χ1v) is 8.76. The fourth-order valence-corrected chi connectivity index (χ4v) is 2.75. The van der Waals surface area contributed by atoms with E-state index in [-0.39, 0.29) is 35.8 Å². The van der Waals surface area contributed by atoms with Gasteiger partial charge in [0.1, 0.15) is 5.82 Å². The molecule has 3 N–H and O–H groups in total. The zero-order chi connectivity index (χ0) is 18.9. The van der Waals surface area contributed by atoms with Gasteiger partial charge in [-0.1, -0.05) is 24.3 Å². The van der Waals surface area contributed by atoms with Crippen LogP contribution in [0, 0.1) is 5.82 Å². The highest BCUT2D eigenvalue weighted by molar-refractivity contribution is 14.0. The van der Waals surface area contributed by atoms with Crippen LogP contribution in [0.25, 0.3) is 0 Å². The van der Waals surface area contributed by atoms with Crippen LogP contribution >= 0.6 is 24.0 Å². The fourth-order valence-electron chi connectivity index (χ4n) is 2.75. The average molecular weight is 486 g/mol. The summed E-state index contributed by atoms with van der Waals surface area (Å²) in [6, 6.07) is 12.9. The summed E-state index contributed by atoms with van der Waals surface area (Å²) in [5, 5.41) is 3.07. The molecule has 0 heterocycles. The molecule has 0 bridgehead atoms. The number of rotatable bonds is 8. The topological polar surface area (TPSA) is 62.9 Å². The smallest absolute Gasteiger partial charge is 0.193 e. The number of nitrogens with zero attached hydrogens (tertiary/aromatic N) is 2. The number of anilines is 2. The van der Waals surface area contributed by atoms with Gasteiger partial charge >= 0.3 is 0 Å². The molecule has 148 valence electrons. The monoisotopic (exact) mass is 486 g/mol. The molecule has 2 aromatic rings. The van der Waals surface area contributed by atoms with E-state index in [1.165, 1.54) is 6.07 Å². The van der Waals surface area contributed by atoms with Crippen molar-refractivity contribution in [2.75, 3.05) is 30.4 Å². The number of guanidine groups is 1. The van der Waals surface area contributed by atoms with Gasteiger partial charge in [-0.15, -0.1) is 24.0 Å². The highest BCUT2D eigenvalue weighted by atomic mass is 127. The van der Waals surface area contributed by atoms with Gasteiger partial charge in [0.2, 0.25) is 0 Å². The summed E-state index contributed by atoms with van der Waals surface area (Å²) in [6.07, 6.45) is 0. The number of halogens is 2. The average Bonchev–Trinajstić information content (AvgIpc) is 2.64. The molecular weight excluding hydrogens is 458 g/mol. The number of hydrogen-bond acceptors (Lipinski definition) is 3. The van der Waals surface area contributed by atoms with Crippen LogP contribution in [0.15, 0.2) is 47.5 Å². The number of hydrogen-bond donors (Lipinski definition) is 2. The predicted molar refractivity (Wildman–Crippen MR) is 121 cm³/mol. The zero-order valence-electron chi connectivity index (χ0n) is 16.0. The van der Waals surface area contributed by atoms with Crippen LogP contribution in [0.1, 0.15) is 25.0 Å². The van der Waals surface area contributed by atoms with E-state index in [4.69, 9.17) is 10.5 Å². The van der Waals surface area contributed by atoms with Gasteiger partial charge in [0.25, 0.3) is 0 Å². The molecule has 2 rings (SSSR count). The maximum atomic E-state index is 14.3. The lowest BCUT2D eigenvalue weighted by Crippen LogP contribution is -2.23. The number of ether oxygens (including phenoxy) is 1. The first-order valence-electron chi connectivity index (χ1n) is 8.76. The van der Waals surface area contributed by atoms with Crippen molar-refractivity contribution in [1.82, 2.24) is 0 Å². The number of nitrogens with one attached hydrogen (secondary N) is 1. The molecule has 2 aromatic carbocycles. The first kappa shape index (κ1) is 23.2. The molecule has 0 aromatic heterocycles. The number of aliphatic imine (C=N–C) groups is 1. The summed E-state index contributed by atoms with van der Waals surface area (Å²) >= 11 is 0. The normalized spacial score (nSPS) is 11.0. The summed E-state index contributed by atoms with van der Waals surface area (Å²) in [6.45, 7) is 6.34. The van der Waals surface area contributed by atoms with Crippen molar-refractivity contribution in [2.45, 2.75) is 27.0 Å². The Bertz CT molecular complexity index is 751. The molecule has 7 heteroatoms. The van der Waals surface area contributed by atoms with Crippen LogP contribution in [0.5, 0.6) is 0 Å². The van der Waals surface area contributed by atoms with E-state index >= 15 is 0 Å². The second-order valence-electron chi connectivity index (χ2n) is 5.87. The van der Waals surface area contributed by atoms with E-state index in [2.05, 4.69) is 10.3 Å². The molecule has 0 spiro atoms. The Morgan fingerprint density at radius 1 is 1.19 bits per heavy atom. The molecular formula is C20H28FIN4O. The minimum atomic E-state index is -0.238. The van der Waals surface area contributed by atoms with E-state index < -0.39 is 0 Å². The fraction of sp³-hybridized carbons (Fsp3) is 0.350. The number of nitrogens with two attached hydrogens (primary N) is 1. The standard InChI is InChI=1S/C20H27FN4O.HI/c1-4-25(5-2)19-11-10-15(12-17(19)21)13-23-20(22)24-18-9-7-6-8-16(18)14-26-3;/h6-12H,4-5,13-14H2,1-3H3,(H3,22,23,24);1H. The van der Waals surface area contributed by atoms with Crippen LogP contribution in [-0.4, -0.2) is 26.2 Å². The molecule has 0 atom stereocenters. The molecule has 0 saturated carbocycles. The zero-order valence-corrected chi connectivity index (χ0v) is 18.4. The van der Waals surface area contributed by atoms with Crippen molar-refractivity contribution < 1.29 is 9.13 Å². The van der Waals surface area contributed by atoms with Crippen molar-refractivity contribution in [3.8, 4) is 0 Å². The summed E-state index contributed by atoms with van der Waals surface area (Å²) in [7, 11) is 1.64. The molecule has 5 nitrogen and oxygen atoms in total. The molecule has 0 unspecified atom stereocenters. The van der Waals surface area contributed by atoms with Crippen molar-refractivity contribution in [3.05, 3.63) is 59.4 Å². The summed E-state index contributed by atoms with van der Waals surface area (Å²) in [4.78, 5) is 6.29. The van der Waals surface area contributed by atoms with Gasteiger partial charge in [-0.3, -0.25) is 0 Å². The maximum Gasteiger partial charge on any atom is 0.193 e. The van der Waals surface area contributed by atoms with Crippen molar-refractivity contribution in [1.29, 1.82) is 0 Å². The van der Waals surface area contributed by atoms with Crippen molar-refractivity contribution in [2.24, 2.45) is 10.7 Å². The van der Waals surface area contributed by atoms with Gasteiger partial charge in [-0.25, -0.2) is 9.38 Å². The van der Waals surface area contributed by atoms with Crippen molar-refractivity contribution in [3.63, 3.8) is 0 Å². The van der Waals surface area contributed by atoms with Crippen LogP contribution < -0.4 is 16.0 Å². The molecule has 0 amide bonds. The van der Waals surface area contributed by atoms with Crippen LogP contribution in [0.3, 0.4) is 0 Å². The van der Waals surface area contributed by atoms with E-state index in [0.717, 1.165) is 29.9 Å². The summed E-state index contributed by atoms with van der Waals surface area (Å²) < 4.78 is 19.5. The molecule has 0 saturated heterocycles. The molecule has 0 aliphatic heterocycles. The Balaban J connectivity index is 0.00000364. The lowest BCUT2D eigenvalue weighted by atomic mass is 10.2. The lowest BCUT2D eigenvalue weighted by Gasteiger charge is -2.21. The Labute approximate surface area is 177 Å². The summed E-state index contributed by atoms with van der Waals surface area (Å²) in [5.41, 5.74) is 9.19. The van der Waals surface area contributed by atoms with Gasteiger partial charge in [-0.2, -0.15) is 0 Å². The Morgan fingerprint density at radius 3 is 2.52 bits per heavy atom. The van der Waals surface area contributed by atoms with Gasteiger partial charge < -0.3 is 20.7 Å². The highest BCUT2D eigenvalue weighted by Crippen LogP contribution is 2.21. The van der Waals surface area contributed by atoms with Crippen LogP contribution in [-0.2, 0) is 17.9 Å². The minimum Gasteiger partial charge on any atom is -0.380 e. The third-order valence-corrected chi connectivity index (χ3v) is 4.13. The lowest BCUT2D eigenvalue weighted by molar-refractivity contribution is 0.185. The summed E-state index contributed by atoms with van der Waals surface area (Å²) in [5.74, 6) is 0.0418. The minimum absolute atomic E-state index is 0. The SMILES string of the molecule is CCN(CC)c1ccc(CN=C(N)Nc2ccccc2COC)cc1F.I. The number of benzene rings is 2. The number of para-hydroxylation sites is 1. The van der Waals surface area contributed by atoms with Crippen molar-refractivity contribution >= 4 is 41.3 Å². The quantitative estimate of drug-likeness (QED) is 0.331. The van der Waals surface area contributed by atoms with Gasteiger partial charge in [-0.05, 0) is 37.6 Å². The Morgan fingerprint density at radius 2 is 1.89 bits per heavy atom. The number of methoxy groups -OCH3 is 1. The Hall–Kier alpha value is -1.87. The van der Waals surface area contributed by atoms with E-state index in [1.54, 1.807) is 13.2 Å². The first-order chi connectivity index (χ1) is 12.6. The third kappa shape index (κ3) is 6.66. The molecule has 0 aliphatic rings. The molecule has 27 heavy (non-hydrogen) atoms. The van der Waals surface area contributed by atoms with E-state index in [9.17, 15) is 4.39 Å². The second-order valence-corrected chi connectivity index (χ2v) is 5.87. The third-order valence-electron chi connectivity index (χ3n) is 4.13. The predicted octanol–water partition coefficient (Wildman–Crippen LogP) is 4.36. The maximum absolute atomic E-state index is 14.3. The highest BCUT2D eigenvalue weighted by Gasteiger charge is 2.09. The van der Waals surface area contributed by atoms with Crippen LogP contribution in [0.4, 0.5) is 15.8 Å². The van der Waals surface area contributed by atoms with E-state index in [0.29, 0.717) is 18.8 Å². The van der Waals surface area contributed by atoms with Gasteiger partial charge in [0.05, 0.1) is 18.8 Å². The second kappa shape index (κ2) is 11.8. The Kier molecular flexibility index (Phi) is 10.1. The molecule has 0 radical (unpaired) electrons. The van der Waals surface area contributed by atoms with Gasteiger partial charge in [0.15, 0.2) is 5.96 Å². The largest absolute Gasteiger partial charge is 0.380 e. The van der Waals surface area contributed by atoms with E-state index in [1.807, 2.05) is 49.1 Å². The van der Waals surface area contributed by atoms with Gasteiger partial charge in [0, 0.05) is 31.5 Å². The van der Waals surface area contributed by atoms with Crippen LogP contribution in [0.2, 0.25) is 0 Å². The molecule has 0 fully saturated rings.